The molecule has 0 spiro atoms. The monoisotopic (exact) mass is 192 g/mol. The lowest BCUT2D eigenvalue weighted by molar-refractivity contribution is 0.837. The summed E-state index contributed by atoms with van der Waals surface area (Å²) in [6.45, 7) is 4.83. The van der Waals surface area contributed by atoms with Crippen molar-refractivity contribution < 1.29 is 0 Å². The lowest BCUT2D eigenvalue weighted by Gasteiger charge is -1.95. The van der Waals surface area contributed by atoms with Gasteiger partial charge >= 0.3 is 0 Å². The Morgan fingerprint density at radius 2 is 2.27 bits per heavy atom. The molecule has 64 valence electrons. The third-order valence-corrected chi connectivity index (χ3v) is 2.47. The van der Waals surface area contributed by atoms with E-state index in [0.717, 1.165) is 5.69 Å². The van der Waals surface area contributed by atoms with E-state index >= 15 is 0 Å². The Balaban J connectivity index is 0.000001000. The van der Waals surface area contributed by atoms with Crippen LogP contribution in [-0.2, 0) is 6.54 Å². The second kappa shape index (κ2) is 4.70. The van der Waals surface area contributed by atoms with Gasteiger partial charge in [0.15, 0.2) is 0 Å². The fourth-order valence-corrected chi connectivity index (χ4v) is 1.53. The van der Waals surface area contributed by atoms with Crippen molar-refractivity contribution in [1.82, 2.24) is 4.98 Å². The van der Waals surface area contributed by atoms with Gasteiger partial charge in [0.05, 0.1) is 10.7 Å². The fourth-order valence-electron chi connectivity index (χ4n) is 0.682. The smallest absolute Gasteiger partial charge is 0.0954 e. The minimum absolute atomic E-state index is 0. The molecule has 0 aliphatic carbocycles. The lowest BCUT2D eigenvalue weighted by atomic mass is 10.2. The zero-order valence-electron chi connectivity index (χ0n) is 6.70. The minimum Gasteiger partial charge on any atom is -0.325 e. The van der Waals surface area contributed by atoms with E-state index in [-0.39, 0.29) is 12.4 Å². The molecule has 0 unspecified atom stereocenters. The minimum atomic E-state index is 0. The van der Waals surface area contributed by atoms with E-state index < -0.39 is 0 Å². The summed E-state index contributed by atoms with van der Waals surface area (Å²) in [6, 6.07) is 0. The molecule has 4 heteroatoms. The average Bonchev–Trinajstić information content (AvgIpc) is 2.34. The molecule has 0 radical (unpaired) electrons. The van der Waals surface area contributed by atoms with E-state index in [4.69, 9.17) is 5.73 Å². The molecule has 0 saturated heterocycles. The van der Waals surface area contributed by atoms with Crippen molar-refractivity contribution in [2.24, 2.45) is 5.73 Å². The molecule has 0 fully saturated rings. The molecule has 2 nitrogen and oxygen atoms in total. The first-order chi connectivity index (χ1) is 4.74. The van der Waals surface area contributed by atoms with Crippen molar-refractivity contribution in [3.8, 4) is 0 Å². The van der Waals surface area contributed by atoms with Crippen LogP contribution in [0.25, 0.3) is 0 Å². The predicted molar refractivity (Wildman–Crippen MR) is 51.3 cm³/mol. The van der Waals surface area contributed by atoms with Gasteiger partial charge in [0.1, 0.15) is 0 Å². The van der Waals surface area contributed by atoms with Crippen LogP contribution in [0.2, 0.25) is 0 Å². The van der Waals surface area contributed by atoms with Crippen LogP contribution in [0.15, 0.2) is 5.38 Å². The third kappa shape index (κ3) is 2.77. The highest BCUT2D eigenvalue weighted by Gasteiger charge is 2.03. The van der Waals surface area contributed by atoms with Crippen LogP contribution in [0.3, 0.4) is 0 Å². The van der Waals surface area contributed by atoms with Crippen molar-refractivity contribution in [1.29, 1.82) is 0 Å². The van der Waals surface area contributed by atoms with Gasteiger partial charge in [-0.05, 0) is 0 Å². The molecule has 1 aromatic heterocycles. The van der Waals surface area contributed by atoms with Crippen LogP contribution in [0.1, 0.15) is 30.5 Å². The van der Waals surface area contributed by atoms with Gasteiger partial charge in [-0.25, -0.2) is 4.98 Å². The molecule has 1 heterocycles. The van der Waals surface area contributed by atoms with Crippen LogP contribution < -0.4 is 5.73 Å². The van der Waals surface area contributed by atoms with Crippen LogP contribution in [0.4, 0.5) is 0 Å². The summed E-state index contributed by atoms with van der Waals surface area (Å²) in [4.78, 5) is 4.32. The van der Waals surface area contributed by atoms with E-state index in [0.29, 0.717) is 12.5 Å². The van der Waals surface area contributed by atoms with E-state index in [9.17, 15) is 0 Å². The topological polar surface area (TPSA) is 38.9 Å². The van der Waals surface area contributed by atoms with Gasteiger partial charge in [-0.15, -0.1) is 23.7 Å². The average molecular weight is 193 g/mol. The Hall–Kier alpha value is -0.120. The summed E-state index contributed by atoms with van der Waals surface area (Å²) < 4.78 is 0. The summed E-state index contributed by atoms with van der Waals surface area (Å²) in [5.41, 5.74) is 6.42. The summed E-state index contributed by atoms with van der Waals surface area (Å²) in [5.74, 6) is 0.533. The summed E-state index contributed by atoms with van der Waals surface area (Å²) in [7, 11) is 0. The number of nitrogens with two attached hydrogens (primary N) is 1. The number of halogens is 1. The largest absolute Gasteiger partial charge is 0.325 e. The number of thiazole rings is 1. The fraction of sp³-hybridized carbons (Fsp3) is 0.571. The van der Waals surface area contributed by atoms with E-state index in [1.807, 2.05) is 5.38 Å². The molecule has 1 aromatic rings. The predicted octanol–water partition coefficient (Wildman–Crippen LogP) is 2.15. The molecular formula is C7H13ClN2S. The Bertz CT molecular complexity index is 210. The van der Waals surface area contributed by atoms with Crippen molar-refractivity contribution in [2.45, 2.75) is 26.3 Å². The highest BCUT2D eigenvalue weighted by Crippen LogP contribution is 2.18. The van der Waals surface area contributed by atoms with Crippen molar-refractivity contribution >= 4 is 23.7 Å². The Labute approximate surface area is 77.2 Å². The highest BCUT2D eigenvalue weighted by molar-refractivity contribution is 7.09. The van der Waals surface area contributed by atoms with Crippen LogP contribution >= 0.6 is 23.7 Å². The van der Waals surface area contributed by atoms with E-state index in [1.54, 1.807) is 11.3 Å². The zero-order chi connectivity index (χ0) is 7.56. The van der Waals surface area contributed by atoms with Gasteiger partial charge in [-0.3, -0.25) is 0 Å². The van der Waals surface area contributed by atoms with Crippen molar-refractivity contribution in [2.75, 3.05) is 0 Å². The quantitative estimate of drug-likeness (QED) is 0.780. The first-order valence-electron chi connectivity index (χ1n) is 3.38. The molecule has 0 aromatic carbocycles. The molecule has 11 heavy (non-hydrogen) atoms. The summed E-state index contributed by atoms with van der Waals surface area (Å²) in [5, 5.41) is 3.20. The third-order valence-electron chi connectivity index (χ3n) is 1.27. The van der Waals surface area contributed by atoms with E-state index in [1.165, 1.54) is 5.01 Å². The number of hydrogen-bond acceptors (Lipinski definition) is 3. The maximum atomic E-state index is 5.41. The van der Waals surface area contributed by atoms with Gasteiger partial charge in [-0.2, -0.15) is 0 Å². The second-order valence-corrected chi connectivity index (χ2v) is 3.43. The van der Waals surface area contributed by atoms with Crippen molar-refractivity contribution in [3.05, 3.63) is 16.1 Å². The molecule has 0 bridgehead atoms. The Kier molecular flexibility index (Phi) is 4.65. The molecule has 1 rings (SSSR count). The van der Waals surface area contributed by atoms with Gasteiger partial charge < -0.3 is 5.73 Å². The number of rotatable bonds is 2. The molecule has 0 amide bonds. The zero-order valence-corrected chi connectivity index (χ0v) is 8.34. The van der Waals surface area contributed by atoms with Gasteiger partial charge in [-0.1, -0.05) is 13.8 Å². The SMILES string of the molecule is CC(C)c1nc(CN)cs1.Cl. The number of aromatic nitrogens is 1. The maximum Gasteiger partial charge on any atom is 0.0954 e. The van der Waals surface area contributed by atoms with Gasteiger partial charge in [0, 0.05) is 17.8 Å². The lowest BCUT2D eigenvalue weighted by Crippen LogP contribution is -1.96. The summed E-state index contributed by atoms with van der Waals surface area (Å²) in [6.07, 6.45) is 0. The Morgan fingerprint density at radius 1 is 1.64 bits per heavy atom. The molecule has 0 atom stereocenters. The van der Waals surface area contributed by atoms with Crippen LogP contribution in [0.5, 0.6) is 0 Å². The van der Waals surface area contributed by atoms with Gasteiger partial charge in [0.2, 0.25) is 0 Å². The second-order valence-electron chi connectivity index (χ2n) is 2.54. The molecule has 2 N–H and O–H groups in total. The number of nitrogens with zero attached hydrogens (tertiary/aromatic N) is 1. The molecule has 0 aliphatic rings. The van der Waals surface area contributed by atoms with Gasteiger partial charge in [0.25, 0.3) is 0 Å². The normalized spacial score (nSPS) is 9.82. The maximum absolute atomic E-state index is 5.41. The Morgan fingerprint density at radius 3 is 2.55 bits per heavy atom. The first kappa shape index (κ1) is 10.9. The molecular weight excluding hydrogens is 180 g/mol. The van der Waals surface area contributed by atoms with Crippen LogP contribution in [-0.4, -0.2) is 4.98 Å². The molecule has 0 saturated carbocycles. The van der Waals surface area contributed by atoms with E-state index in [2.05, 4.69) is 18.8 Å². The highest BCUT2D eigenvalue weighted by atomic mass is 35.5. The standard InChI is InChI=1S/C7H12N2S.ClH/c1-5(2)7-9-6(3-8)4-10-7;/h4-5H,3,8H2,1-2H3;1H. The number of hydrogen-bond donors (Lipinski definition) is 1. The first-order valence-corrected chi connectivity index (χ1v) is 4.26. The van der Waals surface area contributed by atoms with Crippen molar-refractivity contribution in [3.63, 3.8) is 0 Å². The molecule has 0 aliphatic heterocycles. The van der Waals surface area contributed by atoms with Crippen LogP contribution in [0, 0.1) is 0 Å². The summed E-state index contributed by atoms with van der Waals surface area (Å²) >= 11 is 1.69.